The molecule has 0 saturated heterocycles. The molecule has 36 valence electrons. The zero-order valence-corrected chi connectivity index (χ0v) is 4.27. The van der Waals surface area contributed by atoms with Gasteiger partial charge in [0.15, 0.2) is 0 Å². The van der Waals surface area contributed by atoms with Gasteiger partial charge in [0.2, 0.25) is 0 Å². The van der Waals surface area contributed by atoms with Crippen molar-refractivity contribution in [2.75, 3.05) is 0 Å². The molecule has 0 aromatic heterocycles. The van der Waals surface area contributed by atoms with Crippen LogP contribution in [0.4, 0.5) is 0 Å². The van der Waals surface area contributed by atoms with Crippen LogP contribution in [0.3, 0.4) is 0 Å². The number of halogens is 2. The Bertz CT molecular complexity index is 13.5. The molecule has 0 aliphatic carbocycles. The summed E-state index contributed by atoms with van der Waals surface area (Å²) in [6.07, 6.45) is 0. The molecule has 0 unspecified atom stereocenters. The van der Waals surface area contributed by atoms with Crippen molar-refractivity contribution in [1.29, 1.82) is 0 Å². The monoisotopic (exact) mass is 157 g/mol. The van der Waals surface area contributed by atoms with Gasteiger partial charge in [0.1, 0.15) is 0 Å². The van der Waals surface area contributed by atoms with E-state index in [9.17, 15) is 0 Å². The van der Waals surface area contributed by atoms with Gasteiger partial charge in [-0.05, 0) is 0 Å². The Hall–Kier alpha value is 2.04. The summed E-state index contributed by atoms with van der Waals surface area (Å²) in [6.45, 7) is 0. The second kappa shape index (κ2) is 61.7. The quantitative estimate of drug-likeness (QED) is 0.487. The maximum absolute atomic E-state index is 8.00. The molecule has 0 aliphatic heterocycles. The van der Waals surface area contributed by atoms with Gasteiger partial charge in [-0.1, -0.05) is 0 Å². The van der Waals surface area contributed by atoms with Crippen molar-refractivity contribution in [3.05, 3.63) is 0 Å². The third kappa shape index (κ3) is 36.8. The average molecular weight is 158 g/mol. The molecular formula is H7BCl2KNO. The van der Waals surface area contributed by atoms with Gasteiger partial charge in [-0.3, -0.25) is 0 Å². The molecule has 6 heteroatoms. The van der Waals surface area contributed by atoms with Crippen LogP contribution in [0.1, 0.15) is 0 Å². The standard InChI is InChI=1S/BHO.2ClH.K.H3N.H/c1-2;;;;;/h1H;2*1H;;1H3;. The summed E-state index contributed by atoms with van der Waals surface area (Å²) in [6, 6.07) is 0. The molecular weight excluding hydrogens is 151 g/mol. The second-order valence-corrected chi connectivity index (χ2v) is 0. The van der Waals surface area contributed by atoms with E-state index in [-0.39, 0.29) is 82.3 Å². The Morgan fingerprint density at radius 1 is 1.00 bits per heavy atom. The van der Waals surface area contributed by atoms with Gasteiger partial charge in [0, 0.05) is 0 Å². The van der Waals surface area contributed by atoms with Crippen molar-refractivity contribution in [3.8, 4) is 0 Å². The molecule has 6 heavy (non-hydrogen) atoms. The van der Waals surface area contributed by atoms with Crippen molar-refractivity contribution in [2.45, 2.75) is 0 Å². The van der Waals surface area contributed by atoms with E-state index in [0.717, 1.165) is 0 Å². The molecule has 0 amide bonds. The molecule has 3 N–H and O–H groups in total. The topological polar surface area (TPSA) is 52.1 Å². The third-order valence-corrected chi connectivity index (χ3v) is 0. The Kier molecular flexibility index (Phi) is 443. The summed E-state index contributed by atoms with van der Waals surface area (Å²) in [4.78, 5) is 0. The summed E-state index contributed by atoms with van der Waals surface area (Å²) in [7, 11) is 2.00. The van der Waals surface area contributed by atoms with Crippen LogP contribution >= 0.6 is 24.8 Å². The molecule has 0 fully saturated rings. The summed E-state index contributed by atoms with van der Waals surface area (Å²) >= 11 is 0. The van der Waals surface area contributed by atoms with E-state index in [1.54, 1.807) is 0 Å². The summed E-state index contributed by atoms with van der Waals surface area (Å²) in [5, 5.41) is 0. The molecule has 0 atom stereocenters. The van der Waals surface area contributed by atoms with Gasteiger partial charge in [0.25, 0.3) is 0 Å². The Morgan fingerprint density at radius 2 is 1.00 bits per heavy atom. The van der Waals surface area contributed by atoms with Gasteiger partial charge < -0.3 is 6.15 Å². The van der Waals surface area contributed by atoms with Gasteiger partial charge >= 0.3 is 63.8 Å². The predicted molar refractivity (Wildman–Crippen MR) is 34.5 cm³/mol. The number of hydrogen-bond acceptors (Lipinski definition) is 2. The van der Waals surface area contributed by atoms with E-state index in [2.05, 4.69) is 0 Å². The number of hydrogen-bond donors (Lipinski definition) is 1. The zero-order chi connectivity index (χ0) is 2.00. The van der Waals surface area contributed by atoms with Gasteiger partial charge in [0.05, 0.1) is 0 Å². The molecule has 0 bridgehead atoms. The first-order chi connectivity index (χ1) is 1.00. The molecule has 0 aromatic carbocycles. The van der Waals surface area contributed by atoms with E-state index in [4.69, 9.17) is 4.70 Å². The molecule has 0 radical (unpaired) electrons. The van der Waals surface area contributed by atoms with E-state index in [1.165, 1.54) is 0 Å². The van der Waals surface area contributed by atoms with Crippen molar-refractivity contribution in [1.82, 2.24) is 6.15 Å². The van der Waals surface area contributed by atoms with Crippen LogP contribution in [0.5, 0.6) is 0 Å². The minimum absolute atomic E-state index is 0. The van der Waals surface area contributed by atoms with E-state index in [0.29, 0.717) is 0 Å². The minimum atomic E-state index is 0. The predicted octanol–water partition coefficient (Wildman–Crippen LogP) is -0.410. The van der Waals surface area contributed by atoms with Crippen LogP contribution in [-0.2, 0) is 4.70 Å². The molecule has 0 aromatic rings. The van der Waals surface area contributed by atoms with E-state index >= 15 is 0 Å². The normalized spacial score (nSPS) is 0.500. The Balaban J connectivity index is -0.000000000833. The van der Waals surface area contributed by atoms with E-state index < -0.39 is 0 Å². The van der Waals surface area contributed by atoms with Crippen LogP contribution in [-0.4, -0.2) is 59.1 Å². The van der Waals surface area contributed by atoms with Crippen molar-refractivity contribution in [2.24, 2.45) is 0 Å². The molecule has 0 saturated carbocycles. The molecule has 0 aliphatic rings. The maximum atomic E-state index is 8.00. The molecule has 0 heterocycles. The third-order valence-electron chi connectivity index (χ3n) is 0. The fraction of sp³-hybridized carbons (Fsp3) is 0. The van der Waals surface area contributed by atoms with E-state index in [1.807, 2.05) is 7.72 Å². The summed E-state index contributed by atoms with van der Waals surface area (Å²) < 4.78 is 8.00. The van der Waals surface area contributed by atoms with Crippen LogP contribution < -0.4 is 6.15 Å². The van der Waals surface area contributed by atoms with Gasteiger partial charge in [-0.2, -0.15) is 0 Å². The van der Waals surface area contributed by atoms with Crippen molar-refractivity contribution < 1.29 is 4.70 Å². The first-order valence-corrected chi connectivity index (χ1v) is 0.289. The summed E-state index contributed by atoms with van der Waals surface area (Å²) in [5.74, 6) is 0. The molecule has 2 nitrogen and oxygen atoms in total. The van der Waals surface area contributed by atoms with Gasteiger partial charge in [-0.25, -0.2) is 0 Å². The van der Waals surface area contributed by atoms with Crippen LogP contribution in [0.15, 0.2) is 0 Å². The fourth-order valence-corrected chi connectivity index (χ4v) is 0. The SMILES string of the molecule is B=O.Cl.Cl.N.[KH]. The Morgan fingerprint density at radius 3 is 1.00 bits per heavy atom. The van der Waals surface area contributed by atoms with Crippen LogP contribution in [0, 0.1) is 0 Å². The second-order valence-electron chi connectivity index (χ2n) is 0. The number of rotatable bonds is 0. The Labute approximate surface area is 93.1 Å². The van der Waals surface area contributed by atoms with Crippen molar-refractivity contribution >= 4 is 83.9 Å². The first kappa shape index (κ1) is 43.1. The average Bonchev–Trinajstić information content (AvgIpc) is 1.00. The zero-order valence-electron chi connectivity index (χ0n) is 2.64. The van der Waals surface area contributed by atoms with Crippen LogP contribution in [0.25, 0.3) is 0 Å². The molecule has 0 spiro atoms. The summed E-state index contributed by atoms with van der Waals surface area (Å²) in [5.41, 5.74) is 0. The van der Waals surface area contributed by atoms with Gasteiger partial charge in [-0.15, -0.1) is 24.8 Å². The first-order valence-electron chi connectivity index (χ1n) is 0.289. The van der Waals surface area contributed by atoms with Crippen molar-refractivity contribution in [3.63, 3.8) is 0 Å². The molecule has 0 rings (SSSR count). The fourth-order valence-electron chi connectivity index (χ4n) is 0. The van der Waals surface area contributed by atoms with Crippen LogP contribution in [0.2, 0.25) is 0 Å².